The van der Waals surface area contributed by atoms with Gasteiger partial charge in [-0.3, -0.25) is 4.79 Å². The van der Waals surface area contributed by atoms with E-state index in [1.54, 1.807) is 0 Å². The Balaban J connectivity index is 1.60. The molecule has 2 aromatic carbocycles. The summed E-state index contributed by atoms with van der Waals surface area (Å²) in [6.45, 7) is 10.2. The van der Waals surface area contributed by atoms with E-state index < -0.39 is 0 Å². The summed E-state index contributed by atoms with van der Waals surface area (Å²) in [5, 5.41) is 8.85. The van der Waals surface area contributed by atoms with Crippen molar-refractivity contribution in [2.75, 3.05) is 5.32 Å². The maximum absolute atomic E-state index is 12.6. The highest BCUT2D eigenvalue weighted by Crippen LogP contribution is 2.28. The number of para-hydroxylation sites is 1. The molecule has 2 aromatic heterocycles. The molecule has 31 heavy (non-hydrogen) atoms. The van der Waals surface area contributed by atoms with Crippen molar-refractivity contribution in [1.82, 2.24) is 14.8 Å². The minimum atomic E-state index is 0.0144. The summed E-state index contributed by atoms with van der Waals surface area (Å²) in [5.74, 6) is 0.0144. The molecule has 1 amide bonds. The van der Waals surface area contributed by atoms with Gasteiger partial charge in [0.15, 0.2) is 5.65 Å². The first-order valence-electron chi connectivity index (χ1n) is 10.6. The molecular weight excluding hydrogens is 384 g/mol. The SMILES string of the molecule is Cc1cc(C)cc(NC(=O)CCc2c(C)nc3c(c(C)nn3-c3ccccc3)c2C)c1. The lowest BCUT2D eigenvalue weighted by Gasteiger charge is -2.12. The van der Waals surface area contributed by atoms with Crippen molar-refractivity contribution in [2.24, 2.45) is 0 Å². The van der Waals surface area contributed by atoms with Crippen LogP contribution in [0.25, 0.3) is 16.7 Å². The van der Waals surface area contributed by atoms with E-state index in [0.29, 0.717) is 12.8 Å². The van der Waals surface area contributed by atoms with Gasteiger partial charge in [-0.15, -0.1) is 0 Å². The summed E-state index contributed by atoms with van der Waals surface area (Å²) in [6, 6.07) is 16.1. The van der Waals surface area contributed by atoms with Gasteiger partial charge in [0, 0.05) is 23.2 Å². The van der Waals surface area contributed by atoms with Gasteiger partial charge in [0.1, 0.15) is 0 Å². The maximum atomic E-state index is 12.6. The number of carbonyl (C=O) groups is 1. The Hall–Kier alpha value is -3.47. The largest absolute Gasteiger partial charge is 0.326 e. The van der Waals surface area contributed by atoms with Crippen LogP contribution < -0.4 is 5.32 Å². The molecule has 0 aliphatic carbocycles. The number of fused-ring (bicyclic) bond motifs is 1. The van der Waals surface area contributed by atoms with Gasteiger partial charge in [0.25, 0.3) is 0 Å². The van der Waals surface area contributed by atoms with E-state index in [1.165, 1.54) is 0 Å². The smallest absolute Gasteiger partial charge is 0.224 e. The summed E-state index contributed by atoms with van der Waals surface area (Å²) in [4.78, 5) is 17.5. The van der Waals surface area contributed by atoms with Gasteiger partial charge in [0.2, 0.25) is 5.91 Å². The van der Waals surface area contributed by atoms with Crippen LogP contribution in [0.5, 0.6) is 0 Å². The lowest BCUT2D eigenvalue weighted by Crippen LogP contribution is -2.13. The van der Waals surface area contributed by atoms with Crippen LogP contribution in [0.2, 0.25) is 0 Å². The molecule has 0 bridgehead atoms. The number of carbonyl (C=O) groups excluding carboxylic acids is 1. The number of rotatable bonds is 5. The van der Waals surface area contributed by atoms with E-state index in [9.17, 15) is 4.79 Å². The average Bonchev–Trinajstić information content (AvgIpc) is 3.04. The molecule has 0 saturated carbocycles. The van der Waals surface area contributed by atoms with Crippen LogP contribution in [0.4, 0.5) is 5.69 Å². The summed E-state index contributed by atoms with van der Waals surface area (Å²) in [5.41, 5.74) is 9.16. The van der Waals surface area contributed by atoms with Crippen molar-refractivity contribution in [3.05, 3.63) is 82.2 Å². The van der Waals surface area contributed by atoms with Crippen molar-refractivity contribution in [2.45, 2.75) is 47.5 Å². The van der Waals surface area contributed by atoms with E-state index in [0.717, 1.165) is 56.0 Å². The first-order chi connectivity index (χ1) is 14.8. The van der Waals surface area contributed by atoms with E-state index in [2.05, 4.69) is 18.3 Å². The lowest BCUT2D eigenvalue weighted by molar-refractivity contribution is -0.116. The molecule has 1 N–H and O–H groups in total. The molecule has 0 spiro atoms. The first kappa shape index (κ1) is 20.8. The van der Waals surface area contributed by atoms with E-state index in [1.807, 2.05) is 74.8 Å². The Bertz CT molecular complexity index is 1250. The van der Waals surface area contributed by atoms with Crippen LogP contribution in [-0.4, -0.2) is 20.7 Å². The monoisotopic (exact) mass is 412 g/mol. The standard InChI is InChI=1S/C26H28N4O/c1-16-13-17(2)15-21(14-16)28-24(31)12-11-23-18(3)25-20(5)29-30(26(25)27-19(23)4)22-9-7-6-8-10-22/h6-10,13-15H,11-12H2,1-5H3,(H,28,31). The molecule has 2 heterocycles. The van der Waals surface area contributed by atoms with Crippen LogP contribution in [0.1, 0.15) is 40.1 Å². The lowest BCUT2D eigenvalue weighted by atomic mass is 9.99. The minimum absolute atomic E-state index is 0.0144. The fraction of sp³-hybridized carbons (Fsp3) is 0.269. The highest BCUT2D eigenvalue weighted by Gasteiger charge is 2.18. The van der Waals surface area contributed by atoms with Gasteiger partial charge < -0.3 is 5.32 Å². The fourth-order valence-corrected chi connectivity index (χ4v) is 4.33. The number of hydrogen-bond acceptors (Lipinski definition) is 3. The third-order valence-electron chi connectivity index (χ3n) is 5.68. The van der Waals surface area contributed by atoms with Crippen molar-refractivity contribution < 1.29 is 4.79 Å². The van der Waals surface area contributed by atoms with Crippen LogP contribution in [-0.2, 0) is 11.2 Å². The molecule has 0 aliphatic heterocycles. The zero-order valence-electron chi connectivity index (χ0n) is 18.8. The fourth-order valence-electron chi connectivity index (χ4n) is 4.33. The van der Waals surface area contributed by atoms with Crippen molar-refractivity contribution >= 4 is 22.6 Å². The number of aromatic nitrogens is 3. The van der Waals surface area contributed by atoms with Crippen LogP contribution in [0.3, 0.4) is 0 Å². The number of nitrogens with one attached hydrogen (secondary N) is 1. The second kappa shape index (κ2) is 8.34. The maximum Gasteiger partial charge on any atom is 0.224 e. The van der Waals surface area contributed by atoms with Gasteiger partial charge in [-0.05, 0) is 87.6 Å². The quantitative estimate of drug-likeness (QED) is 0.469. The van der Waals surface area contributed by atoms with Crippen molar-refractivity contribution in [1.29, 1.82) is 0 Å². The molecular formula is C26H28N4O. The van der Waals surface area contributed by atoms with Crippen LogP contribution >= 0.6 is 0 Å². The molecule has 0 atom stereocenters. The minimum Gasteiger partial charge on any atom is -0.326 e. The second-order valence-corrected chi connectivity index (χ2v) is 8.26. The highest BCUT2D eigenvalue weighted by atomic mass is 16.1. The number of pyridine rings is 1. The van der Waals surface area contributed by atoms with Crippen molar-refractivity contribution in [3.63, 3.8) is 0 Å². The number of anilines is 1. The summed E-state index contributed by atoms with van der Waals surface area (Å²) >= 11 is 0. The molecule has 4 aromatic rings. The van der Waals surface area contributed by atoms with Gasteiger partial charge in [-0.2, -0.15) is 5.10 Å². The molecule has 158 valence electrons. The zero-order chi connectivity index (χ0) is 22.1. The molecule has 5 nitrogen and oxygen atoms in total. The normalized spacial score (nSPS) is 11.1. The zero-order valence-corrected chi connectivity index (χ0v) is 18.8. The van der Waals surface area contributed by atoms with E-state index >= 15 is 0 Å². The number of nitrogens with zero attached hydrogens (tertiary/aromatic N) is 3. The summed E-state index contributed by atoms with van der Waals surface area (Å²) < 4.78 is 1.90. The molecule has 0 aliphatic rings. The Kier molecular flexibility index (Phi) is 5.59. The first-order valence-corrected chi connectivity index (χ1v) is 10.6. The van der Waals surface area contributed by atoms with Crippen LogP contribution in [0, 0.1) is 34.6 Å². The number of benzene rings is 2. The van der Waals surface area contributed by atoms with Gasteiger partial charge >= 0.3 is 0 Å². The molecule has 4 rings (SSSR count). The highest BCUT2D eigenvalue weighted by molar-refractivity contribution is 5.91. The molecule has 0 radical (unpaired) electrons. The predicted octanol–water partition coefficient (Wildman–Crippen LogP) is 5.53. The predicted molar refractivity (Wildman–Crippen MR) is 126 cm³/mol. The van der Waals surface area contributed by atoms with Crippen molar-refractivity contribution in [3.8, 4) is 5.69 Å². The van der Waals surface area contributed by atoms with Gasteiger partial charge in [-0.1, -0.05) is 24.3 Å². The Morgan fingerprint density at radius 2 is 1.61 bits per heavy atom. The van der Waals surface area contributed by atoms with E-state index in [4.69, 9.17) is 10.1 Å². The average molecular weight is 413 g/mol. The molecule has 5 heteroatoms. The third kappa shape index (κ3) is 4.22. The molecule has 0 unspecified atom stereocenters. The van der Waals surface area contributed by atoms with Crippen LogP contribution in [0.15, 0.2) is 48.5 Å². The Morgan fingerprint density at radius 3 is 2.29 bits per heavy atom. The number of aryl methyl sites for hydroxylation is 5. The van der Waals surface area contributed by atoms with E-state index in [-0.39, 0.29) is 5.91 Å². The Labute approximate surface area is 183 Å². The summed E-state index contributed by atoms with van der Waals surface area (Å²) in [6.07, 6.45) is 1.06. The number of amides is 1. The topological polar surface area (TPSA) is 59.8 Å². The third-order valence-corrected chi connectivity index (χ3v) is 5.68. The van der Waals surface area contributed by atoms with Gasteiger partial charge in [0.05, 0.1) is 11.4 Å². The molecule has 0 fully saturated rings. The Morgan fingerprint density at radius 1 is 0.935 bits per heavy atom. The summed E-state index contributed by atoms with van der Waals surface area (Å²) in [7, 11) is 0. The molecule has 0 saturated heterocycles. The number of hydrogen-bond donors (Lipinski definition) is 1. The second-order valence-electron chi connectivity index (χ2n) is 8.26. The van der Waals surface area contributed by atoms with Gasteiger partial charge in [-0.25, -0.2) is 9.67 Å².